The molecule has 29 heavy (non-hydrogen) atoms. The summed E-state index contributed by atoms with van der Waals surface area (Å²) < 4.78 is 5.50. The first-order valence-electron chi connectivity index (χ1n) is 9.54. The molecule has 8 heteroatoms. The van der Waals surface area contributed by atoms with Gasteiger partial charge in [-0.2, -0.15) is 0 Å². The van der Waals surface area contributed by atoms with Gasteiger partial charge in [-0.25, -0.2) is 4.98 Å². The van der Waals surface area contributed by atoms with Gasteiger partial charge < -0.3 is 20.7 Å². The molecule has 0 fully saturated rings. The van der Waals surface area contributed by atoms with E-state index in [1.165, 1.54) is 0 Å². The molecule has 156 valence electrons. The molecule has 0 saturated carbocycles. The molecular formula is C21H27ClN4O3. The van der Waals surface area contributed by atoms with Crippen molar-refractivity contribution in [2.45, 2.75) is 26.4 Å². The van der Waals surface area contributed by atoms with Crippen molar-refractivity contribution in [3.63, 3.8) is 0 Å². The van der Waals surface area contributed by atoms with Crippen molar-refractivity contribution in [1.82, 2.24) is 15.6 Å². The van der Waals surface area contributed by atoms with E-state index in [2.05, 4.69) is 20.9 Å². The van der Waals surface area contributed by atoms with Crippen LogP contribution in [0.3, 0.4) is 0 Å². The Morgan fingerprint density at radius 3 is 2.72 bits per heavy atom. The lowest BCUT2D eigenvalue weighted by atomic mass is 9.95. The van der Waals surface area contributed by atoms with E-state index < -0.39 is 5.92 Å². The van der Waals surface area contributed by atoms with Gasteiger partial charge in [0.05, 0.1) is 12.3 Å². The molecule has 0 radical (unpaired) electrons. The van der Waals surface area contributed by atoms with E-state index in [4.69, 9.17) is 4.74 Å². The lowest BCUT2D eigenvalue weighted by Crippen LogP contribution is -2.42. The Hall–Kier alpha value is -2.64. The molecule has 7 nitrogen and oxygen atoms in total. The number of hydrogen-bond donors (Lipinski definition) is 3. The van der Waals surface area contributed by atoms with Crippen molar-refractivity contribution in [3.05, 3.63) is 53.2 Å². The fourth-order valence-electron chi connectivity index (χ4n) is 3.11. The first-order chi connectivity index (χ1) is 13.6. The van der Waals surface area contributed by atoms with Gasteiger partial charge in [0.2, 0.25) is 11.8 Å². The molecule has 1 aliphatic heterocycles. The van der Waals surface area contributed by atoms with E-state index in [-0.39, 0.29) is 36.3 Å². The second-order valence-corrected chi connectivity index (χ2v) is 6.76. The van der Waals surface area contributed by atoms with Gasteiger partial charge in [0.15, 0.2) is 5.78 Å². The maximum atomic E-state index is 12.8. The number of nitrogens with one attached hydrogen (secondary N) is 3. The number of rotatable bonds is 8. The van der Waals surface area contributed by atoms with Crippen LogP contribution >= 0.6 is 12.4 Å². The average Bonchev–Trinajstić information content (AvgIpc) is 2.71. The Balaban J connectivity index is 0.00000300. The highest BCUT2D eigenvalue weighted by Gasteiger charge is 2.34. The lowest BCUT2D eigenvalue weighted by molar-refractivity contribution is -0.123. The van der Waals surface area contributed by atoms with Gasteiger partial charge in [0.25, 0.3) is 0 Å². The third-order valence-electron chi connectivity index (χ3n) is 4.53. The fourth-order valence-corrected chi connectivity index (χ4v) is 3.11. The number of ketones is 1. The maximum Gasteiger partial charge on any atom is 0.233 e. The molecule has 1 atom stereocenters. The van der Waals surface area contributed by atoms with Gasteiger partial charge in [-0.05, 0) is 30.7 Å². The lowest BCUT2D eigenvalue weighted by Gasteiger charge is -2.24. The van der Waals surface area contributed by atoms with Crippen molar-refractivity contribution in [3.8, 4) is 5.88 Å². The summed E-state index contributed by atoms with van der Waals surface area (Å²) in [7, 11) is 1.89. The minimum Gasteiger partial charge on any atom is -0.478 e. The van der Waals surface area contributed by atoms with Crippen molar-refractivity contribution in [1.29, 1.82) is 0 Å². The monoisotopic (exact) mass is 418 g/mol. The van der Waals surface area contributed by atoms with Crippen LogP contribution in [0.4, 0.5) is 5.69 Å². The number of ether oxygens (including phenoxy) is 1. The number of benzene rings is 1. The first-order valence-corrected chi connectivity index (χ1v) is 9.54. The van der Waals surface area contributed by atoms with E-state index in [0.717, 1.165) is 24.1 Å². The van der Waals surface area contributed by atoms with Crippen LogP contribution in [0.1, 0.15) is 35.0 Å². The van der Waals surface area contributed by atoms with Gasteiger partial charge in [-0.15, -0.1) is 12.4 Å². The van der Waals surface area contributed by atoms with Crippen LogP contribution in [-0.4, -0.2) is 36.9 Å². The van der Waals surface area contributed by atoms with Crippen LogP contribution in [-0.2, 0) is 17.9 Å². The molecule has 0 spiro atoms. The number of carbonyl (C=O) groups is 2. The number of hydrogen-bond acceptors (Lipinski definition) is 6. The molecule has 1 aliphatic rings. The molecule has 1 aromatic carbocycles. The highest BCUT2D eigenvalue weighted by molar-refractivity contribution is 6.13. The minimum absolute atomic E-state index is 0. The summed E-state index contributed by atoms with van der Waals surface area (Å²) in [6.45, 7) is 3.93. The fraction of sp³-hybridized carbons (Fsp3) is 0.381. The Kier molecular flexibility index (Phi) is 8.42. The molecule has 1 unspecified atom stereocenters. The van der Waals surface area contributed by atoms with Crippen LogP contribution in [0.5, 0.6) is 5.88 Å². The zero-order valence-corrected chi connectivity index (χ0v) is 17.5. The third kappa shape index (κ3) is 5.68. The summed E-state index contributed by atoms with van der Waals surface area (Å²) in [6, 6.07) is 11.5. The Bertz CT molecular complexity index is 860. The Morgan fingerprint density at radius 1 is 1.24 bits per heavy atom. The largest absolute Gasteiger partial charge is 0.478 e. The zero-order valence-electron chi connectivity index (χ0n) is 16.7. The number of amides is 1. The van der Waals surface area contributed by atoms with Gasteiger partial charge in [-0.3, -0.25) is 9.59 Å². The molecule has 2 aromatic rings. The average molecular weight is 419 g/mol. The second kappa shape index (κ2) is 10.8. The predicted molar refractivity (Wildman–Crippen MR) is 115 cm³/mol. The van der Waals surface area contributed by atoms with Crippen LogP contribution in [0, 0.1) is 5.92 Å². The molecule has 0 bridgehead atoms. The van der Waals surface area contributed by atoms with Crippen LogP contribution in [0.25, 0.3) is 0 Å². The van der Waals surface area contributed by atoms with E-state index in [1.54, 1.807) is 12.1 Å². The summed E-state index contributed by atoms with van der Waals surface area (Å²) in [6.07, 6.45) is 0.853. The highest BCUT2D eigenvalue weighted by Crippen LogP contribution is 2.26. The summed E-state index contributed by atoms with van der Waals surface area (Å²) in [4.78, 5) is 29.7. The van der Waals surface area contributed by atoms with Crippen LogP contribution in [0.2, 0.25) is 0 Å². The summed E-state index contributed by atoms with van der Waals surface area (Å²) in [5.41, 5.74) is 3.03. The number of Topliss-reactive ketones (excluding diaryl/α,β-unsaturated/α-hetero) is 1. The standard InChI is InChI=1S/C21H26N4O3.ClH/c1-3-9-28-18-8-7-17-19(25-18)20(26)16(13-23-17)21(27)24-12-15-6-4-5-14(10-15)11-22-2;/h4-8,10,16,22-23H,3,9,11-13H2,1-2H3,(H,24,27);1H. The van der Waals surface area contributed by atoms with Crippen molar-refractivity contribution < 1.29 is 14.3 Å². The summed E-state index contributed by atoms with van der Waals surface area (Å²) in [5.74, 6) is -0.985. The van der Waals surface area contributed by atoms with Crippen molar-refractivity contribution in [2.75, 3.05) is 25.5 Å². The highest BCUT2D eigenvalue weighted by atomic mass is 35.5. The SMILES string of the molecule is CCCOc1ccc2c(n1)C(=O)C(C(=O)NCc1cccc(CNC)c1)CN2.Cl. The number of aromatic nitrogens is 1. The number of halogens is 1. The molecule has 1 amide bonds. The number of nitrogens with zero attached hydrogens (tertiary/aromatic N) is 1. The van der Waals surface area contributed by atoms with Crippen LogP contribution in [0.15, 0.2) is 36.4 Å². The number of pyridine rings is 1. The van der Waals surface area contributed by atoms with Gasteiger partial charge in [-0.1, -0.05) is 31.2 Å². The van der Waals surface area contributed by atoms with Gasteiger partial charge >= 0.3 is 0 Å². The molecule has 0 saturated heterocycles. The molecule has 3 rings (SSSR count). The quantitative estimate of drug-likeness (QED) is 0.570. The second-order valence-electron chi connectivity index (χ2n) is 6.76. The molecular weight excluding hydrogens is 392 g/mol. The summed E-state index contributed by atoms with van der Waals surface area (Å²) in [5, 5.41) is 9.10. The maximum absolute atomic E-state index is 12.8. The number of fused-ring (bicyclic) bond motifs is 1. The van der Waals surface area contributed by atoms with Gasteiger partial charge in [0, 0.05) is 25.7 Å². The normalized spacial score (nSPS) is 15.0. The van der Waals surface area contributed by atoms with E-state index in [1.807, 2.05) is 38.2 Å². The van der Waals surface area contributed by atoms with Crippen LogP contribution < -0.4 is 20.7 Å². The number of carbonyl (C=O) groups excluding carboxylic acids is 2. The topological polar surface area (TPSA) is 92.3 Å². The molecule has 1 aromatic heterocycles. The molecule has 3 N–H and O–H groups in total. The van der Waals surface area contributed by atoms with E-state index >= 15 is 0 Å². The minimum atomic E-state index is -0.804. The van der Waals surface area contributed by atoms with Crippen molar-refractivity contribution >= 4 is 29.8 Å². The van der Waals surface area contributed by atoms with E-state index in [9.17, 15) is 9.59 Å². The first kappa shape index (κ1) is 22.6. The Labute approximate surface area is 177 Å². The zero-order chi connectivity index (χ0) is 19.9. The number of anilines is 1. The molecule has 0 aliphatic carbocycles. The smallest absolute Gasteiger partial charge is 0.233 e. The van der Waals surface area contributed by atoms with Gasteiger partial charge in [0.1, 0.15) is 11.6 Å². The van der Waals surface area contributed by atoms with E-state index in [0.29, 0.717) is 24.7 Å². The van der Waals surface area contributed by atoms with Crippen molar-refractivity contribution in [2.24, 2.45) is 5.92 Å². The third-order valence-corrected chi connectivity index (χ3v) is 4.53. The molecule has 2 heterocycles. The predicted octanol–water partition coefficient (Wildman–Crippen LogP) is 2.55. The Morgan fingerprint density at radius 2 is 2.00 bits per heavy atom. The summed E-state index contributed by atoms with van der Waals surface area (Å²) >= 11 is 0.